The number of hydrogen-bond acceptors (Lipinski definition) is 5. The van der Waals surface area contributed by atoms with Crippen LogP contribution in [0.15, 0.2) is 77.7 Å². The van der Waals surface area contributed by atoms with Crippen LogP contribution in [-0.4, -0.2) is 23.0 Å². The molecule has 2 aromatic heterocycles. The number of aromatic nitrogens is 2. The fourth-order valence-corrected chi connectivity index (χ4v) is 2.99. The van der Waals surface area contributed by atoms with E-state index in [0.29, 0.717) is 22.6 Å². The van der Waals surface area contributed by atoms with Crippen LogP contribution in [0.4, 0.5) is 17.1 Å². The maximum atomic E-state index is 12.5. The van der Waals surface area contributed by atoms with Crippen LogP contribution in [0.25, 0.3) is 11.0 Å². The van der Waals surface area contributed by atoms with Gasteiger partial charge in [0.05, 0.1) is 18.4 Å². The monoisotopic (exact) mass is 386 g/mol. The fraction of sp³-hybridized carbons (Fsp3) is 0.0455. The van der Waals surface area contributed by atoms with E-state index in [0.717, 1.165) is 16.8 Å². The van der Waals surface area contributed by atoms with Crippen molar-refractivity contribution in [3.63, 3.8) is 0 Å². The molecule has 2 heterocycles. The number of benzene rings is 2. The van der Waals surface area contributed by atoms with Gasteiger partial charge in [0.2, 0.25) is 5.56 Å². The second kappa shape index (κ2) is 7.85. The molecular weight excluding hydrogens is 368 g/mol. The number of nitrogens with zero attached hydrogens (tertiary/aromatic N) is 1. The molecule has 29 heavy (non-hydrogen) atoms. The Morgan fingerprint density at radius 3 is 2.52 bits per heavy atom. The van der Waals surface area contributed by atoms with Crippen molar-refractivity contribution in [2.75, 3.05) is 17.7 Å². The van der Waals surface area contributed by atoms with Gasteiger partial charge in [0.15, 0.2) is 0 Å². The summed E-state index contributed by atoms with van der Waals surface area (Å²) in [6.07, 6.45) is 1.63. The number of hydrogen-bond donors (Lipinski definition) is 3. The molecule has 0 aliphatic rings. The van der Waals surface area contributed by atoms with Crippen LogP contribution in [0.2, 0.25) is 0 Å². The van der Waals surface area contributed by atoms with Gasteiger partial charge in [-0.1, -0.05) is 12.1 Å². The summed E-state index contributed by atoms with van der Waals surface area (Å²) < 4.78 is 5.23. The molecule has 144 valence electrons. The zero-order chi connectivity index (χ0) is 20.2. The topological polar surface area (TPSA) is 96.1 Å². The van der Waals surface area contributed by atoms with Crippen LogP contribution < -0.4 is 20.9 Å². The van der Waals surface area contributed by atoms with Crippen molar-refractivity contribution >= 4 is 34.0 Å². The quantitative estimate of drug-likeness (QED) is 0.483. The molecule has 0 unspecified atom stereocenters. The van der Waals surface area contributed by atoms with Crippen LogP contribution in [0.1, 0.15) is 10.4 Å². The van der Waals surface area contributed by atoms with Crippen molar-refractivity contribution in [3.05, 3.63) is 88.8 Å². The normalized spacial score (nSPS) is 10.5. The van der Waals surface area contributed by atoms with Crippen molar-refractivity contribution in [3.8, 4) is 5.75 Å². The predicted octanol–water partition coefficient (Wildman–Crippen LogP) is 3.93. The van der Waals surface area contributed by atoms with E-state index < -0.39 is 0 Å². The summed E-state index contributed by atoms with van der Waals surface area (Å²) in [5.41, 5.74) is 3.10. The van der Waals surface area contributed by atoms with Crippen LogP contribution in [0.3, 0.4) is 0 Å². The Kier molecular flexibility index (Phi) is 4.94. The molecule has 1 amide bonds. The Morgan fingerprint density at radius 2 is 1.72 bits per heavy atom. The number of carbonyl (C=O) groups is 1. The van der Waals surface area contributed by atoms with E-state index in [1.165, 1.54) is 13.2 Å². The zero-order valence-corrected chi connectivity index (χ0v) is 15.6. The summed E-state index contributed by atoms with van der Waals surface area (Å²) in [4.78, 5) is 30.9. The maximum absolute atomic E-state index is 12.5. The van der Waals surface area contributed by atoms with E-state index in [4.69, 9.17) is 4.74 Å². The summed E-state index contributed by atoms with van der Waals surface area (Å²) in [6.45, 7) is 0. The van der Waals surface area contributed by atoms with Gasteiger partial charge in [0.25, 0.3) is 5.91 Å². The van der Waals surface area contributed by atoms with Gasteiger partial charge >= 0.3 is 0 Å². The van der Waals surface area contributed by atoms with Crippen molar-refractivity contribution in [2.45, 2.75) is 0 Å². The number of pyridine rings is 2. The molecule has 0 aliphatic heterocycles. The average molecular weight is 386 g/mol. The Balaban J connectivity index is 1.51. The molecule has 0 spiro atoms. The molecule has 7 heteroatoms. The number of carbonyl (C=O) groups excluding carboxylic acids is 1. The minimum atomic E-state index is -0.243. The van der Waals surface area contributed by atoms with Crippen molar-refractivity contribution in [1.29, 1.82) is 0 Å². The number of anilines is 3. The van der Waals surface area contributed by atoms with Gasteiger partial charge in [-0.3, -0.25) is 9.59 Å². The summed E-state index contributed by atoms with van der Waals surface area (Å²) in [7, 11) is 1.53. The van der Waals surface area contributed by atoms with Crippen molar-refractivity contribution < 1.29 is 9.53 Å². The van der Waals surface area contributed by atoms with E-state index in [-0.39, 0.29) is 11.5 Å². The Morgan fingerprint density at radius 1 is 0.966 bits per heavy atom. The van der Waals surface area contributed by atoms with E-state index in [1.807, 2.05) is 24.3 Å². The first kappa shape index (κ1) is 18.2. The lowest BCUT2D eigenvalue weighted by Crippen LogP contribution is -2.13. The Labute approximate surface area is 166 Å². The fourth-order valence-electron chi connectivity index (χ4n) is 2.99. The second-order valence-electron chi connectivity index (χ2n) is 6.30. The highest BCUT2D eigenvalue weighted by molar-refractivity contribution is 6.06. The minimum Gasteiger partial charge on any atom is -0.496 e. The first-order valence-electron chi connectivity index (χ1n) is 8.93. The van der Waals surface area contributed by atoms with Crippen LogP contribution in [-0.2, 0) is 0 Å². The van der Waals surface area contributed by atoms with Gasteiger partial charge in [0.1, 0.15) is 11.4 Å². The highest BCUT2D eigenvalue weighted by atomic mass is 16.5. The number of rotatable bonds is 5. The first-order chi connectivity index (χ1) is 14.1. The predicted molar refractivity (Wildman–Crippen MR) is 113 cm³/mol. The van der Waals surface area contributed by atoms with Crippen LogP contribution >= 0.6 is 0 Å². The number of nitrogens with one attached hydrogen (secondary N) is 3. The molecule has 0 radical (unpaired) electrons. The van der Waals surface area contributed by atoms with E-state index >= 15 is 0 Å². The Hall–Kier alpha value is -4.13. The minimum absolute atomic E-state index is 0.197. The molecular formula is C22H18N4O3. The molecule has 0 aliphatic carbocycles. The molecule has 3 N–H and O–H groups in total. The van der Waals surface area contributed by atoms with E-state index in [2.05, 4.69) is 20.6 Å². The molecule has 0 atom stereocenters. The molecule has 2 aromatic carbocycles. The van der Waals surface area contributed by atoms with Crippen molar-refractivity contribution in [2.24, 2.45) is 0 Å². The van der Waals surface area contributed by atoms with Crippen LogP contribution in [0.5, 0.6) is 5.75 Å². The summed E-state index contributed by atoms with van der Waals surface area (Å²) in [6, 6.07) is 19.4. The highest BCUT2D eigenvalue weighted by Gasteiger charge is 2.11. The zero-order valence-electron chi connectivity index (χ0n) is 15.6. The largest absolute Gasteiger partial charge is 0.496 e. The maximum Gasteiger partial charge on any atom is 0.259 e. The average Bonchev–Trinajstić information content (AvgIpc) is 2.75. The number of H-pyrrole nitrogens is 1. The number of amides is 1. The molecule has 0 saturated carbocycles. The van der Waals surface area contributed by atoms with Gasteiger partial charge in [-0.05, 0) is 48.5 Å². The summed E-state index contributed by atoms with van der Waals surface area (Å²) in [5, 5.41) is 6.97. The van der Waals surface area contributed by atoms with Gasteiger partial charge < -0.3 is 20.4 Å². The molecule has 7 nitrogen and oxygen atoms in total. The lowest BCUT2D eigenvalue weighted by atomic mass is 10.1. The summed E-state index contributed by atoms with van der Waals surface area (Å²) in [5.74, 6) is 0.276. The molecule has 4 rings (SSSR count). The number of ether oxygens (including phenoxy) is 1. The number of para-hydroxylation sites is 1. The van der Waals surface area contributed by atoms with E-state index in [1.54, 1.807) is 42.6 Å². The third-order valence-corrected chi connectivity index (χ3v) is 4.41. The third kappa shape index (κ3) is 3.93. The molecule has 0 bridgehead atoms. The first-order valence-corrected chi connectivity index (χ1v) is 8.93. The molecule has 0 saturated heterocycles. The van der Waals surface area contributed by atoms with Gasteiger partial charge in [0, 0.05) is 29.0 Å². The number of aromatic amines is 1. The lowest BCUT2D eigenvalue weighted by Gasteiger charge is -2.11. The number of methoxy groups -OCH3 is 1. The third-order valence-electron chi connectivity index (χ3n) is 4.41. The smallest absolute Gasteiger partial charge is 0.259 e. The number of fused-ring (bicyclic) bond motifs is 1. The van der Waals surface area contributed by atoms with Crippen LogP contribution in [0, 0.1) is 0 Å². The van der Waals surface area contributed by atoms with E-state index in [9.17, 15) is 9.59 Å². The van der Waals surface area contributed by atoms with Gasteiger partial charge in [-0.2, -0.15) is 0 Å². The Bertz CT molecular complexity index is 1230. The lowest BCUT2D eigenvalue weighted by molar-refractivity contribution is 0.102. The van der Waals surface area contributed by atoms with Crippen molar-refractivity contribution in [1.82, 2.24) is 9.97 Å². The summed E-state index contributed by atoms with van der Waals surface area (Å²) >= 11 is 0. The van der Waals surface area contributed by atoms with Gasteiger partial charge in [-0.25, -0.2) is 4.98 Å². The SMILES string of the molecule is COc1ccccc1C(=O)Nc1ccc(Nc2ccnc3[nH]c(=O)ccc23)cc1. The van der Waals surface area contributed by atoms with Gasteiger partial charge in [-0.15, -0.1) is 0 Å². The second-order valence-corrected chi connectivity index (χ2v) is 6.30. The standard InChI is InChI=1S/C22H18N4O3/c1-29-19-5-3-2-4-17(19)22(28)25-15-8-6-14(7-9-15)24-18-12-13-23-21-16(18)10-11-20(27)26-21/h2-13H,1H3,(H,25,28)(H2,23,24,26,27). The molecule has 0 fully saturated rings. The molecule has 4 aromatic rings. The highest BCUT2D eigenvalue weighted by Crippen LogP contribution is 2.25.